The van der Waals surface area contributed by atoms with Crippen LogP contribution >= 0.6 is 15.9 Å². The smallest absolute Gasteiger partial charge is 0.244 e. The van der Waals surface area contributed by atoms with E-state index >= 15 is 0 Å². The van der Waals surface area contributed by atoms with Gasteiger partial charge in [-0.2, -0.15) is 0 Å². The predicted molar refractivity (Wildman–Crippen MR) is 78.7 cm³/mol. The standard InChI is InChI=1S/C13H14BrNO5S/c14-8-1-2-12-10(5-8)11(7-20-12)13(16)15-21(17,18)9-3-4-19-6-9/h1-2,5,9,11H,3-4,6-7H2,(H,15,16). The van der Waals surface area contributed by atoms with Crippen molar-refractivity contribution >= 4 is 31.9 Å². The van der Waals surface area contributed by atoms with Gasteiger partial charge in [0.2, 0.25) is 15.9 Å². The molecule has 1 amide bonds. The van der Waals surface area contributed by atoms with Crippen molar-refractivity contribution in [3.05, 3.63) is 28.2 Å². The largest absolute Gasteiger partial charge is 0.492 e. The Kier molecular flexibility index (Phi) is 3.94. The van der Waals surface area contributed by atoms with Gasteiger partial charge in [0.1, 0.15) is 23.5 Å². The molecule has 2 aliphatic rings. The van der Waals surface area contributed by atoms with Crippen LogP contribution in [0.2, 0.25) is 0 Å². The average Bonchev–Trinajstić information content (AvgIpc) is 3.07. The SMILES string of the molecule is O=C(NS(=O)(=O)C1CCOC1)C1COc2ccc(Br)cc21. The topological polar surface area (TPSA) is 81.7 Å². The Morgan fingerprint density at radius 1 is 1.33 bits per heavy atom. The highest BCUT2D eigenvalue weighted by Crippen LogP contribution is 2.36. The lowest BCUT2D eigenvalue weighted by molar-refractivity contribution is -0.121. The maximum Gasteiger partial charge on any atom is 0.244 e. The van der Waals surface area contributed by atoms with Gasteiger partial charge in [-0.15, -0.1) is 0 Å². The summed E-state index contributed by atoms with van der Waals surface area (Å²) in [6, 6.07) is 5.34. The van der Waals surface area contributed by atoms with Crippen LogP contribution in [0.15, 0.2) is 22.7 Å². The highest BCUT2D eigenvalue weighted by molar-refractivity contribution is 9.10. The number of carbonyl (C=O) groups is 1. The molecule has 1 aromatic rings. The van der Waals surface area contributed by atoms with Crippen molar-refractivity contribution in [3.8, 4) is 5.75 Å². The number of benzene rings is 1. The number of fused-ring (bicyclic) bond motifs is 1. The number of sulfonamides is 1. The van der Waals surface area contributed by atoms with E-state index in [0.717, 1.165) is 4.47 Å². The van der Waals surface area contributed by atoms with E-state index in [0.29, 0.717) is 24.3 Å². The van der Waals surface area contributed by atoms with E-state index in [1.165, 1.54) is 0 Å². The van der Waals surface area contributed by atoms with Crippen molar-refractivity contribution in [1.82, 2.24) is 4.72 Å². The highest BCUT2D eigenvalue weighted by Gasteiger charge is 2.36. The number of nitrogens with one attached hydrogen (secondary N) is 1. The molecular weight excluding hydrogens is 362 g/mol. The molecule has 1 N–H and O–H groups in total. The van der Waals surface area contributed by atoms with Crippen LogP contribution in [0.1, 0.15) is 17.9 Å². The summed E-state index contributed by atoms with van der Waals surface area (Å²) in [5.41, 5.74) is 0.694. The Hall–Kier alpha value is -1.12. The summed E-state index contributed by atoms with van der Waals surface area (Å²) >= 11 is 3.33. The Labute approximate surface area is 131 Å². The van der Waals surface area contributed by atoms with E-state index in [-0.39, 0.29) is 13.2 Å². The predicted octanol–water partition coefficient (Wildman–Crippen LogP) is 1.16. The summed E-state index contributed by atoms with van der Waals surface area (Å²) in [5.74, 6) is -0.562. The lowest BCUT2D eigenvalue weighted by Crippen LogP contribution is -2.41. The van der Waals surface area contributed by atoms with E-state index in [4.69, 9.17) is 9.47 Å². The zero-order valence-electron chi connectivity index (χ0n) is 11.0. The summed E-state index contributed by atoms with van der Waals surface area (Å²) in [6.45, 7) is 0.683. The number of rotatable bonds is 3. The molecule has 1 saturated heterocycles. The minimum Gasteiger partial charge on any atom is -0.492 e. The Morgan fingerprint density at radius 3 is 2.86 bits per heavy atom. The second-order valence-electron chi connectivity index (χ2n) is 5.04. The van der Waals surface area contributed by atoms with Gasteiger partial charge in [-0.3, -0.25) is 9.52 Å². The summed E-state index contributed by atoms with van der Waals surface area (Å²) in [4.78, 5) is 12.3. The van der Waals surface area contributed by atoms with Crippen molar-refractivity contribution in [3.63, 3.8) is 0 Å². The molecule has 6 nitrogen and oxygen atoms in total. The average molecular weight is 376 g/mol. The number of halogens is 1. The van der Waals surface area contributed by atoms with Crippen LogP contribution in [-0.2, 0) is 19.6 Å². The Morgan fingerprint density at radius 2 is 2.14 bits per heavy atom. The molecule has 8 heteroatoms. The minimum atomic E-state index is -3.70. The van der Waals surface area contributed by atoms with Crippen LogP contribution in [0.4, 0.5) is 0 Å². The number of hydrogen-bond donors (Lipinski definition) is 1. The van der Waals surface area contributed by atoms with Crippen LogP contribution in [-0.4, -0.2) is 39.4 Å². The van der Waals surface area contributed by atoms with Gasteiger partial charge >= 0.3 is 0 Å². The molecule has 2 heterocycles. The second-order valence-corrected chi connectivity index (χ2v) is 7.92. The van der Waals surface area contributed by atoms with Crippen molar-refractivity contribution in [2.24, 2.45) is 0 Å². The molecule has 3 rings (SSSR count). The third-order valence-corrected chi connectivity index (χ3v) is 5.87. The van der Waals surface area contributed by atoms with Crippen LogP contribution in [0, 0.1) is 0 Å². The highest BCUT2D eigenvalue weighted by atomic mass is 79.9. The second kappa shape index (κ2) is 5.58. The van der Waals surface area contributed by atoms with Gasteiger partial charge in [0.15, 0.2) is 0 Å². The van der Waals surface area contributed by atoms with Crippen LogP contribution in [0.25, 0.3) is 0 Å². The van der Waals surface area contributed by atoms with Crippen LogP contribution in [0.5, 0.6) is 5.75 Å². The fraction of sp³-hybridized carbons (Fsp3) is 0.462. The molecule has 0 aromatic heterocycles. The quantitative estimate of drug-likeness (QED) is 0.856. The number of hydrogen-bond acceptors (Lipinski definition) is 5. The van der Waals surface area contributed by atoms with E-state index < -0.39 is 27.1 Å². The van der Waals surface area contributed by atoms with Crippen molar-refractivity contribution in [2.45, 2.75) is 17.6 Å². The fourth-order valence-electron chi connectivity index (χ4n) is 2.46. The van der Waals surface area contributed by atoms with Crippen LogP contribution < -0.4 is 9.46 Å². The molecule has 2 atom stereocenters. The Bertz CT molecular complexity index is 669. The zero-order chi connectivity index (χ0) is 15.0. The third-order valence-electron chi connectivity index (χ3n) is 3.64. The zero-order valence-corrected chi connectivity index (χ0v) is 13.4. The molecule has 2 unspecified atom stereocenters. The first-order chi connectivity index (χ1) is 9.97. The first-order valence-corrected chi connectivity index (χ1v) is 8.87. The molecule has 2 aliphatic heterocycles. The third kappa shape index (κ3) is 2.93. The molecule has 0 radical (unpaired) electrons. The molecule has 0 aliphatic carbocycles. The maximum absolute atomic E-state index is 12.3. The van der Waals surface area contributed by atoms with E-state index in [1.54, 1.807) is 12.1 Å². The number of amides is 1. The molecule has 114 valence electrons. The van der Waals surface area contributed by atoms with Gasteiger partial charge in [-0.25, -0.2) is 8.42 Å². The van der Waals surface area contributed by atoms with Gasteiger partial charge in [0.05, 0.1) is 6.61 Å². The van der Waals surface area contributed by atoms with Gasteiger partial charge in [-0.05, 0) is 24.6 Å². The summed E-state index contributed by atoms with van der Waals surface area (Å²) in [5, 5.41) is -0.661. The molecule has 0 bridgehead atoms. The number of ether oxygens (including phenoxy) is 2. The molecule has 1 aromatic carbocycles. The van der Waals surface area contributed by atoms with Crippen molar-refractivity contribution in [2.75, 3.05) is 19.8 Å². The van der Waals surface area contributed by atoms with Crippen molar-refractivity contribution in [1.29, 1.82) is 0 Å². The number of carbonyl (C=O) groups excluding carboxylic acids is 1. The van der Waals surface area contributed by atoms with Gasteiger partial charge in [0.25, 0.3) is 0 Å². The lowest BCUT2D eigenvalue weighted by Gasteiger charge is -2.14. The minimum absolute atomic E-state index is 0.131. The van der Waals surface area contributed by atoms with E-state index in [1.807, 2.05) is 6.07 Å². The summed E-state index contributed by atoms with van der Waals surface area (Å²) in [6.07, 6.45) is 0.409. The molecule has 21 heavy (non-hydrogen) atoms. The van der Waals surface area contributed by atoms with Crippen molar-refractivity contribution < 1.29 is 22.7 Å². The monoisotopic (exact) mass is 375 g/mol. The summed E-state index contributed by atoms with van der Waals surface area (Å²) in [7, 11) is -3.70. The van der Waals surface area contributed by atoms with Crippen LogP contribution in [0.3, 0.4) is 0 Å². The molecule has 1 fully saturated rings. The lowest BCUT2D eigenvalue weighted by atomic mass is 10.0. The molecule has 0 saturated carbocycles. The van der Waals surface area contributed by atoms with E-state index in [2.05, 4.69) is 20.7 Å². The fourth-order valence-corrected chi connectivity index (χ4v) is 4.11. The Balaban J connectivity index is 1.77. The van der Waals surface area contributed by atoms with Gasteiger partial charge in [-0.1, -0.05) is 15.9 Å². The molecule has 0 spiro atoms. The first kappa shape index (κ1) is 14.8. The normalized spacial score (nSPS) is 24.4. The summed E-state index contributed by atoms with van der Waals surface area (Å²) < 4.78 is 37.7. The molecular formula is C13H14BrNO5S. The maximum atomic E-state index is 12.3. The van der Waals surface area contributed by atoms with Gasteiger partial charge < -0.3 is 9.47 Å². The first-order valence-electron chi connectivity index (χ1n) is 6.53. The van der Waals surface area contributed by atoms with E-state index in [9.17, 15) is 13.2 Å². The van der Waals surface area contributed by atoms with Gasteiger partial charge in [0, 0.05) is 16.6 Å².